The lowest BCUT2D eigenvalue weighted by Crippen LogP contribution is -2.49. The second kappa shape index (κ2) is 8.32. The maximum absolute atomic E-state index is 12.3. The molecule has 0 aliphatic heterocycles. The van der Waals surface area contributed by atoms with E-state index in [1.807, 2.05) is 44.2 Å². The number of benzene rings is 1. The van der Waals surface area contributed by atoms with Gasteiger partial charge in [-0.2, -0.15) is 0 Å². The van der Waals surface area contributed by atoms with Crippen molar-refractivity contribution >= 4 is 17.7 Å². The van der Waals surface area contributed by atoms with Crippen molar-refractivity contribution in [3.05, 3.63) is 35.9 Å². The summed E-state index contributed by atoms with van der Waals surface area (Å²) >= 11 is 0. The van der Waals surface area contributed by atoms with Crippen molar-refractivity contribution in [2.45, 2.75) is 39.7 Å². The predicted octanol–water partition coefficient (Wildman–Crippen LogP) is 1.76. The number of likely N-dealkylation sites (N-methyl/N-ethyl adjacent to an activating group) is 1. The molecule has 0 aliphatic carbocycles. The van der Waals surface area contributed by atoms with E-state index in [0.29, 0.717) is 6.42 Å². The standard InChI is InChI=1S/C17H24N2O3/c1-12(2)10-15(19(4)13(3)20)17(22)18-16(21)11-14-8-6-5-7-9-14/h5-9,12,15H,10-11H2,1-4H3,(H,18,21,22)/t15-/m1/s1. The Labute approximate surface area is 131 Å². The summed E-state index contributed by atoms with van der Waals surface area (Å²) in [6.45, 7) is 5.35. The highest BCUT2D eigenvalue weighted by molar-refractivity contribution is 5.99. The number of amides is 3. The van der Waals surface area contributed by atoms with Crippen LogP contribution in [0.1, 0.15) is 32.8 Å². The molecule has 0 heterocycles. The lowest BCUT2D eigenvalue weighted by Gasteiger charge is -2.27. The van der Waals surface area contributed by atoms with E-state index >= 15 is 0 Å². The Morgan fingerprint density at radius 3 is 2.23 bits per heavy atom. The molecule has 1 N–H and O–H groups in total. The number of nitrogens with one attached hydrogen (secondary N) is 1. The van der Waals surface area contributed by atoms with Gasteiger partial charge < -0.3 is 4.90 Å². The molecule has 120 valence electrons. The van der Waals surface area contributed by atoms with Gasteiger partial charge >= 0.3 is 0 Å². The normalized spacial score (nSPS) is 11.9. The average molecular weight is 304 g/mol. The Hall–Kier alpha value is -2.17. The highest BCUT2D eigenvalue weighted by atomic mass is 16.2. The first-order chi connectivity index (χ1) is 10.3. The molecule has 0 aromatic heterocycles. The van der Waals surface area contributed by atoms with Crippen LogP contribution in [0.2, 0.25) is 0 Å². The summed E-state index contributed by atoms with van der Waals surface area (Å²) in [5.41, 5.74) is 0.841. The molecule has 5 heteroatoms. The second-order valence-corrected chi connectivity index (χ2v) is 5.85. The van der Waals surface area contributed by atoms with Crippen LogP contribution in [0, 0.1) is 5.92 Å². The van der Waals surface area contributed by atoms with Gasteiger partial charge in [0, 0.05) is 14.0 Å². The minimum absolute atomic E-state index is 0.144. The maximum atomic E-state index is 12.3. The zero-order valence-electron chi connectivity index (χ0n) is 13.6. The summed E-state index contributed by atoms with van der Waals surface area (Å²) in [4.78, 5) is 37.2. The van der Waals surface area contributed by atoms with Gasteiger partial charge in [0.1, 0.15) is 6.04 Å². The summed E-state index contributed by atoms with van der Waals surface area (Å²) in [6.07, 6.45) is 0.658. The smallest absolute Gasteiger partial charge is 0.249 e. The van der Waals surface area contributed by atoms with E-state index in [0.717, 1.165) is 5.56 Å². The molecule has 1 atom stereocenters. The third-order valence-corrected chi connectivity index (χ3v) is 3.43. The van der Waals surface area contributed by atoms with Crippen LogP contribution in [-0.2, 0) is 20.8 Å². The van der Waals surface area contributed by atoms with Gasteiger partial charge in [-0.1, -0.05) is 44.2 Å². The number of hydrogen-bond donors (Lipinski definition) is 1. The van der Waals surface area contributed by atoms with E-state index < -0.39 is 11.9 Å². The number of rotatable bonds is 6. The third kappa shape index (κ3) is 5.68. The van der Waals surface area contributed by atoms with Crippen molar-refractivity contribution < 1.29 is 14.4 Å². The molecule has 1 aromatic carbocycles. The van der Waals surface area contributed by atoms with Crippen LogP contribution in [-0.4, -0.2) is 35.7 Å². The highest BCUT2D eigenvalue weighted by Crippen LogP contribution is 2.11. The SMILES string of the molecule is CC(=O)N(C)[C@H](CC(C)C)C(=O)NC(=O)Cc1ccccc1. The molecule has 0 saturated carbocycles. The van der Waals surface area contributed by atoms with Crippen LogP contribution in [0.25, 0.3) is 0 Å². The zero-order valence-corrected chi connectivity index (χ0v) is 13.6. The topological polar surface area (TPSA) is 66.5 Å². The van der Waals surface area contributed by atoms with E-state index in [1.54, 1.807) is 7.05 Å². The minimum Gasteiger partial charge on any atom is -0.334 e. The number of carbonyl (C=O) groups excluding carboxylic acids is 3. The molecule has 22 heavy (non-hydrogen) atoms. The summed E-state index contributed by atoms with van der Waals surface area (Å²) in [5.74, 6) is -0.743. The van der Waals surface area contributed by atoms with Gasteiger partial charge in [0.2, 0.25) is 17.7 Å². The second-order valence-electron chi connectivity index (χ2n) is 5.85. The molecule has 1 rings (SSSR count). The van der Waals surface area contributed by atoms with E-state index in [-0.39, 0.29) is 24.2 Å². The van der Waals surface area contributed by atoms with Gasteiger partial charge in [-0.15, -0.1) is 0 Å². The van der Waals surface area contributed by atoms with Crippen molar-refractivity contribution in [1.29, 1.82) is 0 Å². The van der Waals surface area contributed by atoms with Gasteiger partial charge in [0.15, 0.2) is 0 Å². The number of hydrogen-bond acceptors (Lipinski definition) is 3. The van der Waals surface area contributed by atoms with Gasteiger partial charge in [0.25, 0.3) is 0 Å². The van der Waals surface area contributed by atoms with Crippen molar-refractivity contribution in [2.75, 3.05) is 7.05 Å². The summed E-state index contributed by atoms with van der Waals surface area (Å²) < 4.78 is 0. The van der Waals surface area contributed by atoms with E-state index in [9.17, 15) is 14.4 Å². The molecule has 0 radical (unpaired) electrons. The Morgan fingerprint density at radius 1 is 1.14 bits per heavy atom. The van der Waals surface area contributed by atoms with Crippen molar-refractivity contribution in [1.82, 2.24) is 10.2 Å². The molecule has 3 amide bonds. The molecule has 1 aromatic rings. The summed E-state index contributed by atoms with van der Waals surface area (Å²) in [7, 11) is 1.58. The first kappa shape index (κ1) is 17.9. The fourth-order valence-electron chi connectivity index (χ4n) is 2.15. The molecular weight excluding hydrogens is 280 g/mol. The first-order valence-corrected chi connectivity index (χ1v) is 7.42. The van der Waals surface area contributed by atoms with Gasteiger partial charge in [-0.3, -0.25) is 19.7 Å². The monoisotopic (exact) mass is 304 g/mol. The van der Waals surface area contributed by atoms with Crippen LogP contribution in [0.3, 0.4) is 0 Å². The van der Waals surface area contributed by atoms with Crippen molar-refractivity contribution in [3.8, 4) is 0 Å². The Kier molecular flexibility index (Phi) is 6.76. The zero-order chi connectivity index (χ0) is 16.7. The average Bonchev–Trinajstić information content (AvgIpc) is 2.44. The molecule has 0 bridgehead atoms. The maximum Gasteiger partial charge on any atom is 0.249 e. The quantitative estimate of drug-likeness (QED) is 0.871. The Morgan fingerprint density at radius 2 is 1.73 bits per heavy atom. The fraction of sp³-hybridized carbons (Fsp3) is 0.471. The third-order valence-electron chi connectivity index (χ3n) is 3.43. The Balaban J connectivity index is 2.69. The van der Waals surface area contributed by atoms with Crippen LogP contribution in [0.4, 0.5) is 0 Å². The lowest BCUT2D eigenvalue weighted by atomic mass is 10.0. The number of carbonyl (C=O) groups is 3. The lowest BCUT2D eigenvalue weighted by molar-refractivity contribution is -0.140. The van der Waals surface area contributed by atoms with Crippen LogP contribution in [0.5, 0.6) is 0 Å². The molecule has 0 spiro atoms. The van der Waals surface area contributed by atoms with Crippen LogP contribution < -0.4 is 5.32 Å². The predicted molar refractivity (Wildman–Crippen MR) is 85.0 cm³/mol. The first-order valence-electron chi connectivity index (χ1n) is 7.42. The highest BCUT2D eigenvalue weighted by Gasteiger charge is 2.27. The van der Waals surface area contributed by atoms with Crippen molar-refractivity contribution in [3.63, 3.8) is 0 Å². The summed E-state index contributed by atoms with van der Waals surface area (Å²) in [6, 6.07) is 8.59. The van der Waals surface area contributed by atoms with E-state index in [2.05, 4.69) is 5.32 Å². The van der Waals surface area contributed by atoms with Gasteiger partial charge in [0.05, 0.1) is 6.42 Å². The summed E-state index contributed by atoms with van der Waals surface area (Å²) in [5, 5.41) is 2.40. The van der Waals surface area contributed by atoms with E-state index in [1.165, 1.54) is 11.8 Å². The van der Waals surface area contributed by atoms with Crippen molar-refractivity contribution in [2.24, 2.45) is 5.92 Å². The van der Waals surface area contributed by atoms with Gasteiger partial charge in [-0.05, 0) is 17.9 Å². The molecule has 5 nitrogen and oxygen atoms in total. The van der Waals surface area contributed by atoms with Crippen LogP contribution in [0.15, 0.2) is 30.3 Å². The minimum atomic E-state index is -0.628. The molecule has 0 aliphatic rings. The number of nitrogens with zero attached hydrogens (tertiary/aromatic N) is 1. The van der Waals surface area contributed by atoms with E-state index in [4.69, 9.17) is 0 Å². The fourth-order valence-corrected chi connectivity index (χ4v) is 2.15. The molecule has 0 saturated heterocycles. The Bertz CT molecular complexity index is 526. The molecule has 0 unspecified atom stereocenters. The molecule has 0 fully saturated rings. The largest absolute Gasteiger partial charge is 0.334 e. The van der Waals surface area contributed by atoms with Gasteiger partial charge in [-0.25, -0.2) is 0 Å². The molecular formula is C17H24N2O3. The number of imide groups is 1. The van der Waals surface area contributed by atoms with Crippen LogP contribution >= 0.6 is 0 Å².